The van der Waals surface area contributed by atoms with Gasteiger partial charge in [-0.2, -0.15) is 4.52 Å². The number of nitrogens with one attached hydrogen (secondary N) is 1. The van der Waals surface area contributed by atoms with E-state index in [2.05, 4.69) is 39.9 Å². The first-order chi connectivity index (χ1) is 16.2. The van der Waals surface area contributed by atoms with Gasteiger partial charge < -0.3 is 10.2 Å². The summed E-state index contributed by atoms with van der Waals surface area (Å²) in [5, 5.41) is 16.4. The highest BCUT2D eigenvalue weighted by atomic mass is 16.2. The minimum absolute atomic E-state index is 0.141. The fraction of sp³-hybridized carbons (Fsp3) is 0.154. The molecule has 0 saturated carbocycles. The highest BCUT2D eigenvalue weighted by molar-refractivity contribution is 5.84. The number of rotatable bonds is 6. The molecule has 0 fully saturated rings. The molecule has 2 aromatic heterocycles. The second kappa shape index (κ2) is 9.08. The maximum absolute atomic E-state index is 13.3. The molecular formula is C26H24N6O. The Hall–Kier alpha value is -4.26. The largest absolute Gasteiger partial charge is 0.334 e. The smallest absolute Gasteiger partial charge is 0.318 e. The highest BCUT2D eigenvalue weighted by Gasteiger charge is 2.18. The number of urea groups is 1. The lowest BCUT2D eigenvalue weighted by atomic mass is 10.1. The van der Waals surface area contributed by atoms with E-state index in [0.717, 1.165) is 33.2 Å². The normalized spacial score (nSPS) is 11.1. The molecule has 3 aromatic carbocycles. The number of fused-ring (bicyclic) bond motifs is 3. The first-order valence-electron chi connectivity index (χ1n) is 10.9. The van der Waals surface area contributed by atoms with Crippen molar-refractivity contribution in [3.05, 3.63) is 107 Å². The topological polar surface area (TPSA) is 75.4 Å². The first kappa shape index (κ1) is 20.6. The van der Waals surface area contributed by atoms with E-state index >= 15 is 0 Å². The summed E-state index contributed by atoms with van der Waals surface area (Å²) in [6, 6.07) is 28.0. The van der Waals surface area contributed by atoms with Crippen LogP contribution in [0.5, 0.6) is 0 Å². The van der Waals surface area contributed by atoms with E-state index < -0.39 is 0 Å². The summed E-state index contributed by atoms with van der Waals surface area (Å²) in [6.07, 6.45) is 0. The van der Waals surface area contributed by atoms with Crippen molar-refractivity contribution in [3.63, 3.8) is 0 Å². The molecule has 0 aliphatic rings. The Kier molecular flexibility index (Phi) is 5.68. The Morgan fingerprint density at radius 2 is 1.64 bits per heavy atom. The Balaban J connectivity index is 1.47. The second-order valence-corrected chi connectivity index (χ2v) is 8.13. The van der Waals surface area contributed by atoms with Crippen LogP contribution in [0.25, 0.3) is 16.6 Å². The molecule has 0 unspecified atom stereocenters. The highest BCUT2D eigenvalue weighted by Crippen LogP contribution is 2.22. The number of hydrogen-bond donors (Lipinski definition) is 1. The van der Waals surface area contributed by atoms with Gasteiger partial charge in [-0.05, 0) is 46.7 Å². The van der Waals surface area contributed by atoms with Crippen molar-refractivity contribution in [1.29, 1.82) is 0 Å². The number of aromatic nitrogens is 4. The van der Waals surface area contributed by atoms with Crippen LogP contribution in [0, 0.1) is 6.92 Å². The molecule has 0 atom stereocenters. The van der Waals surface area contributed by atoms with Crippen molar-refractivity contribution in [1.82, 2.24) is 30.3 Å². The predicted molar refractivity (Wildman–Crippen MR) is 127 cm³/mol. The maximum atomic E-state index is 13.3. The number of carbonyl (C=O) groups excluding carboxylic acids is 1. The number of aryl methyl sites for hydroxylation is 1. The molecule has 7 heteroatoms. The van der Waals surface area contributed by atoms with Crippen molar-refractivity contribution in [3.8, 4) is 0 Å². The number of amides is 2. The summed E-state index contributed by atoms with van der Waals surface area (Å²) in [4.78, 5) is 15.1. The number of carbonyl (C=O) groups is 1. The third-order valence-corrected chi connectivity index (χ3v) is 5.65. The van der Waals surface area contributed by atoms with Gasteiger partial charge in [0.05, 0.1) is 12.1 Å². The van der Waals surface area contributed by atoms with Gasteiger partial charge in [-0.15, -0.1) is 5.10 Å². The number of nitrogens with zero attached hydrogens (tertiary/aromatic N) is 5. The lowest BCUT2D eigenvalue weighted by Crippen LogP contribution is -2.38. The first-order valence-corrected chi connectivity index (χ1v) is 10.9. The minimum Gasteiger partial charge on any atom is -0.334 e. The molecule has 164 valence electrons. The van der Waals surface area contributed by atoms with Crippen LogP contribution < -0.4 is 5.32 Å². The van der Waals surface area contributed by atoms with Crippen LogP contribution in [-0.4, -0.2) is 31.0 Å². The van der Waals surface area contributed by atoms with Gasteiger partial charge in [-0.25, -0.2) is 4.79 Å². The molecule has 0 aliphatic carbocycles. The fourth-order valence-corrected chi connectivity index (χ4v) is 3.99. The van der Waals surface area contributed by atoms with Gasteiger partial charge in [0.15, 0.2) is 5.65 Å². The molecule has 1 N–H and O–H groups in total. The van der Waals surface area contributed by atoms with Gasteiger partial charge >= 0.3 is 6.03 Å². The van der Waals surface area contributed by atoms with Gasteiger partial charge in [0, 0.05) is 24.0 Å². The van der Waals surface area contributed by atoms with Crippen LogP contribution in [0.4, 0.5) is 4.79 Å². The Morgan fingerprint density at radius 3 is 2.39 bits per heavy atom. The van der Waals surface area contributed by atoms with Gasteiger partial charge in [0.1, 0.15) is 0 Å². The molecule has 2 heterocycles. The summed E-state index contributed by atoms with van der Waals surface area (Å²) < 4.78 is 1.74. The minimum atomic E-state index is -0.141. The summed E-state index contributed by atoms with van der Waals surface area (Å²) in [5.41, 5.74) is 5.75. The van der Waals surface area contributed by atoms with E-state index in [-0.39, 0.29) is 6.03 Å². The molecule has 0 saturated heterocycles. The van der Waals surface area contributed by atoms with Crippen molar-refractivity contribution >= 4 is 22.6 Å². The third kappa shape index (κ3) is 4.52. The van der Waals surface area contributed by atoms with Crippen LogP contribution in [0.3, 0.4) is 0 Å². The summed E-state index contributed by atoms with van der Waals surface area (Å²) in [5.74, 6) is 0. The molecule has 0 radical (unpaired) electrons. The number of hydrogen-bond acceptors (Lipinski definition) is 4. The Morgan fingerprint density at radius 1 is 0.909 bits per heavy atom. The van der Waals surface area contributed by atoms with E-state index in [1.54, 1.807) is 9.42 Å². The molecule has 5 aromatic rings. The quantitative estimate of drug-likeness (QED) is 0.425. The molecule has 0 bridgehead atoms. The average molecular weight is 437 g/mol. The van der Waals surface area contributed by atoms with Gasteiger partial charge in [0.2, 0.25) is 0 Å². The van der Waals surface area contributed by atoms with Crippen LogP contribution >= 0.6 is 0 Å². The lowest BCUT2D eigenvalue weighted by molar-refractivity contribution is 0.192. The predicted octanol–water partition coefficient (Wildman–Crippen LogP) is 4.50. The Bertz CT molecular complexity index is 1400. The van der Waals surface area contributed by atoms with Crippen LogP contribution in [0.1, 0.15) is 22.3 Å². The van der Waals surface area contributed by atoms with Crippen LogP contribution in [0.2, 0.25) is 0 Å². The monoisotopic (exact) mass is 436 g/mol. The molecular weight excluding hydrogens is 412 g/mol. The maximum Gasteiger partial charge on any atom is 0.318 e. The molecule has 7 nitrogen and oxygen atoms in total. The van der Waals surface area contributed by atoms with E-state index in [0.29, 0.717) is 25.3 Å². The zero-order valence-corrected chi connectivity index (χ0v) is 18.3. The van der Waals surface area contributed by atoms with Crippen LogP contribution in [-0.2, 0) is 19.6 Å². The molecule has 33 heavy (non-hydrogen) atoms. The van der Waals surface area contributed by atoms with Crippen molar-refractivity contribution in [2.45, 2.75) is 26.6 Å². The standard InChI is InChI=1S/C26H24N6O/c1-19-12-13-24-22(14-19)15-23(25-28-29-30-32(24)25)18-31(17-21-10-6-3-7-11-21)26(33)27-16-20-8-4-2-5-9-20/h2-15H,16-18H2,1H3,(H,27,33). The van der Waals surface area contributed by atoms with Crippen molar-refractivity contribution < 1.29 is 4.79 Å². The van der Waals surface area contributed by atoms with E-state index in [9.17, 15) is 4.79 Å². The van der Waals surface area contributed by atoms with E-state index in [1.165, 1.54) is 0 Å². The van der Waals surface area contributed by atoms with Crippen molar-refractivity contribution in [2.75, 3.05) is 0 Å². The number of pyridine rings is 1. The fourth-order valence-electron chi connectivity index (χ4n) is 3.99. The van der Waals surface area contributed by atoms with E-state index in [4.69, 9.17) is 0 Å². The van der Waals surface area contributed by atoms with Gasteiger partial charge in [-0.3, -0.25) is 0 Å². The molecule has 5 rings (SSSR count). The third-order valence-electron chi connectivity index (χ3n) is 5.65. The van der Waals surface area contributed by atoms with Crippen molar-refractivity contribution in [2.24, 2.45) is 0 Å². The summed E-state index contributed by atoms with van der Waals surface area (Å²) >= 11 is 0. The van der Waals surface area contributed by atoms with E-state index in [1.807, 2.05) is 72.8 Å². The molecule has 0 aliphatic heterocycles. The van der Waals surface area contributed by atoms with Crippen LogP contribution in [0.15, 0.2) is 84.9 Å². The van der Waals surface area contributed by atoms with Gasteiger partial charge in [0.25, 0.3) is 0 Å². The second-order valence-electron chi connectivity index (χ2n) is 8.13. The summed E-state index contributed by atoms with van der Waals surface area (Å²) in [6.45, 7) is 3.37. The average Bonchev–Trinajstić information content (AvgIpc) is 3.34. The molecule has 2 amide bonds. The molecule has 0 spiro atoms. The lowest BCUT2D eigenvalue weighted by Gasteiger charge is -2.24. The summed E-state index contributed by atoms with van der Waals surface area (Å²) in [7, 11) is 0. The SMILES string of the molecule is Cc1ccc2c(c1)cc(CN(Cc1ccccc1)C(=O)NCc1ccccc1)c1nnnn12. The number of benzene rings is 3. The zero-order chi connectivity index (χ0) is 22.6. The number of tetrazole rings is 1. The Labute approximate surface area is 191 Å². The zero-order valence-electron chi connectivity index (χ0n) is 18.3. The van der Waals surface area contributed by atoms with Gasteiger partial charge in [-0.1, -0.05) is 72.3 Å².